The van der Waals surface area contributed by atoms with Crippen LogP contribution in [-0.2, 0) is 4.74 Å². The van der Waals surface area contributed by atoms with E-state index in [-0.39, 0.29) is 10.6 Å². The summed E-state index contributed by atoms with van der Waals surface area (Å²) in [7, 11) is 1.73. The van der Waals surface area contributed by atoms with Crippen LogP contribution in [0.1, 0.15) is 24.8 Å². The maximum absolute atomic E-state index is 10.9. The molecule has 0 bridgehead atoms. The Bertz CT molecular complexity index is 448. The topological polar surface area (TPSA) is 64.4 Å². The molecule has 1 aliphatic rings. The van der Waals surface area contributed by atoms with Gasteiger partial charge in [-0.05, 0) is 32.3 Å². The van der Waals surface area contributed by atoms with Crippen LogP contribution in [0.15, 0.2) is 18.2 Å². The molecular formula is C13H18N2O3. The highest BCUT2D eigenvalue weighted by Crippen LogP contribution is 2.29. The fraction of sp³-hybridized carbons (Fsp3) is 0.538. The second-order valence-corrected chi connectivity index (χ2v) is 4.72. The standard InChI is InChI=1S/C13H18N2O3/c1-9-12(4-3-5-13(9)15(16)17)14-10-6-7-11(8-10)18-2/h3-5,10-11,14H,6-8H2,1-2H3. The molecule has 18 heavy (non-hydrogen) atoms. The zero-order chi connectivity index (χ0) is 13.1. The van der Waals surface area contributed by atoms with Gasteiger partial charge < -0.3 is 10.1 Å². The number of hydrogen-bond acceptors (Lipinski definition) is 4. The number of ether oxygens (including phenoxy) is 1. The highest BCUT2D eigenvalue weighted by atomic mass is 16.6. The summed E-state index contributed by atoms with van der Waals surface area (Å²) in [4.78, 5) is 10.5. The molecule has 1 aromatic rings. The molecular weight excluding hydrogens is 232 g/mol. The summed E-state index contributed by atoms with van der Waals surface area (Å²) in [5.41, 5.74) is 1.72. The third-order valence-electron chi connectivity index (χ3n) is 3.58. The van der Waals surface area contributed by atoms with Crippen LogP contribution in [0.2, 0.25) is 0 Å². The maximum Gasteiger partial charge on any atom is 0.274 e. The summed E-state index contributed by atoms with van der Waals surface area (Å²) < 4.78 is 5.32. The lowest BCUT2D eigenvalue weighted by atomic mass is 10.1. The Hall–Kier alpha value is -1.62. The molecule has 98 valence electrons. The third-order valence-corrected chi connectivity index (χ3v) is 3.58. The lowest BCUT2D eigenvalue weighted by molar-refractivity contribution is -0.385. The van der Waals surface area contributed by atoms with Gasteiger partial charge in [0.2, 0.25) is 0 Å². The van der Waals surface area contributed by atoms with Crippen LogP contribution in [0.5, 0.6) is 0 Å². The molecule has 5 heteroatoms. The summed E-state index contributed by atoms with van der Waals surface area (Å²) >= 11 is 0. The average molecular weight is 250 g/mol. The van der Waals surface area contributed by atoms with Crippen molar-refractivity contribution in [3.63, 3.8) is 0 Å². The first kappa shape index (κ1) is 12.8. The Kier molecular flexibility index (Phi) is 3.81. The Balaban J connectivity index is 2.10. The van der Waals surface area contributed by atoms with E-state index in [4.69, 9.17) is 4.74 Å². The fourth-order valence-corrected chi connectivity index (χ4v) is 2.48. The molecule has 0 aromatic heterocycles. The third kappa shape index (κ3) is 2.61. The van der Waals surface area contributed by atoms with E-state index in [0.29, 0.717) is 17.7 Å². The first-order chi connectivity index (χ1) is 8.61. The molecule has 2 unspecified atom stereocenters. The number of anilines is 1. The van der Waals surface area contributed by atoms with E-state index in [1.54, 1.807) is 20.1 Å². The SMILES string of the molecule is COC1CCC(Nc2cccc([N+](=O)[O-])c2C)C1. The fourth-order valence-electron chi connectivity index (χ4n) is 2.48. The van der Waals surface area contributed by atoms with Crippen molar-refractivity contribution in [3.05, 3.63) is 33.9 Å². The number of nitro benzene ring substituents is 1. The molecule has 1 aromatic carbocycles. The van der Waals surface area contributed by atoms with Gasteiger partial charge in [-0.3, -0.25) is 10.1 Å². The quantitative estimate of drug-likeness (QED) is 0.659. The van der Waals surface area contributed by atoms with Gasteiger partial charge in [-0.2, -0.15) is 0 Å². The summed E-state index contributed by atoms with van der Waals surface area (Å²) in [5, 5.41) is 14.3. The number of nitrogens with zero attached hydrogens (tertiary/aromatic N) is 1. The molecule has 0 aliphatic heterocycles. The van der Waals surface area contributed by atoms with Gasteiger partial charge in [0, 0.05) is 30.5 Å². The van der Waals surface area contributed by atoms with Crippen molar-refractivity contribution in [1.29, 1.82) is 0 Å². The zero-order valence-electron chi connectivity index (χ0n) is 10.7. The second-order valence-electron chi connectivity index (χ2n) is 4.72. The molecule has 0 saturated heterocycles. The predicted molar refractivity (Wildman–Crippen MR) is 69.9 cm³/mol. The van der Waals surface area contributed by atoms with Gasteiger partial charge in [-0.1, -0.05) is 6.07 Å². The van der Waals surface area contributed by atoms with E-state index in [9.17, 15) is 10.1 Å². The number of rotatable bonds is 4. The van der Waals surface area contributed by atoms with Crippen LogP contribution in [0.4, 0.5) is 11.4 Å². The molecule has 1 aliphatic carbocycles. The van der Waals surface area contributed by atoms with Gasteiger partial charge in [-0.25, -0.2) is 0 Å². The van der Waals surface area contributed by atoms with Crippen molar-refractivity contribution in [2.75, 3.05) is 12.4 Å². The van der Waals surface area contributed by atoms with Crippen molar-refractivity contribution in [2.45, 2.75) is 38.3 Å². The predicted octanol–water partition coefficient (Wildman–Crippen LogP) is 2.88. The van der Waals surface area contributed by atoms with Gasteiger partial charge in [0.15, 0.2) is 0 Å². The number of nitrogens with one attached hydrogen (secondary N) is 1. The molecule has 5 nitrogen and oxygen atoms in total. The number of hydrogen-bond donors (Lipinski definition) is 1. The second kappa shape index (κ2) is 5.35. The van der Waals surface area contributed by atoms with Crippen molar-refractivity contribution in [3.8, 4) is 0 Å². The maximum atomic E-state index is 10.9. The van der Waals surface area contributed by atoms with E-state index >= 15 is 0 Å². The highest BCUT2D eigenvalue weighted by Gasteiger charge is 2.25. The van der Waals surface area contributed by atoms with Crippen molar-refractivity contribution in [1.82, 2.24) is 0 Å². The lowest BCUT2D eigenvalue weighted by Crippen LogP contribution is -2.18. The van der Waals surface area contributed by atoms with E-state index in [2.05, 4.69) is 5.32 Å². The van der Waals surface area contributed by atoms with Crippen LogP contribution in [0.3, 0.4) is 0 Å². The number of nitro groups is 1. The summed E-state index contributed by atoms with van der Waals surface area (Å²) in [6.07, 6.45) is 3.35. The van der Waals surface area contributed by atoms with Crippen molar-refractivity contribution in [2.24, 2.45) is 0 Å². The van der Waals surface area contributed by atoms with Crippen LogP contribution >= 0.6 is 0 Å². The van der Waals surface area contributed by atoms with Crippen molar-refractivity contribution >= 4 is 11.4 Å². The molecule has 2 rings (SSSR count). The van der Waals surface area contributed by atoms with E-state index in [1.807, 2.05) is 6.07 Å². The van der Waals surface area contributed by atoms with Crippen LogP contribution < -0.4 is 5.32 Å². The molecule has 1 saturated carbocycles. The molecule has 0 heterocycles. The molecule has 0 spiro atoms. The van der Waals surface area contributed by atoms with Gasteiger partial charge in [-0.15, -0.1) is 0 Å². The monoisotopic (exact) mass is 250 g/mol. The van der Waals surface area contributed by atoms with Gasteiger partial charge in [0.25, 0.3) is 5.69 Å². The Morgan fingerprint density at radius 1 is 1.44 bits per heavy atom. The minimum atomic E-state index is -0.340. The number of methoxy groups -OCH3 is 1. The average Bonchev–Trinajstić information content (AvgIpc) is 2.79. The van der Waals surface area contributed by atoms with Crippen molar-refractivity contribution < 1.29 is 9.66 Å². The van der Waals surface area contributed by atoms with Crippen LogP contribution in [-0.4, -0.2) is 24.2 Å². The summed E-state index contributed by atoms with van der Waals surface area (Å²) in [6, 6.07) is 5.49. The smallest absolute Gasteiger partial charge is 0.274 e. The minimum absolute atomic E-state index is 0.168. The zero-order valence-corrected chi connectivity index (χ0v) is 10.7. The highest BCUT2D eigenvalue weighted by molar-refractivity contribution is 5.60. The minimum Gasteiger partial charge on any atom is -0.382 e. The van der Waals surface area contributed by atoms with E-state index < -0.39 is 0 Å². The largest absolute Gasteiger partial charge is 0.382 e. The number of benzene rings is 1. The molecule has 2 atom stereocenters. The summed E-state index contributed by atoms with van der Waals surface area (Å²) in [5.74, 6) is 0. The van der Waals surface area contributed by atoms with Gasteiger partial charge >= 0.3 is 0 Å². The summed E-state index contributed by atoms with van der Waals surface area (Å²) in [6.45, 7) is 1.78. The normalized spacial score (nSPS) is 23.0. The van der Waals surface area contributed by atoms with E-state index in [1.165, 1.54) is 6.07 Å². The molecule has 0 radical (unpaired) electrons. The molecule has 0 amide bonds. The molecule has 1 N–H and O–H groups in total. The Morgan fingerprint density at radius 3 is 2.83 bits per heavy atom. The first-order valence-electron chi connectivity index (χ1n) is 6.15. The van der Waals surface area contributed by atoms with Gasteiger partial charge in [0.05, 0.1) is 11.0 Å². The van der Waals surface area contributed by atoms with Gasteiger partial charge in [0.1, 0.15) is 0 Å². The molecule has 1 fully saturated rings. The lowest BCUT2D eigenvalue weighted by Gasteiger charge is -2.16. The first-order valence-corrected chi connectivity index (χ1v) is 6.15. The van der Waals surface area contributed by atoms with Crippen LogP contribution in [0.25, 0.3) is 0 Å². The Morgan fingerprint density at radius 2 is 2.22 bits per heavy atom. The van der Waals surface area contributed by atoms with Crippen LogP contribution in [0, 0.1) is 17.0 Å². The van der Waals surface area contributed by atoms with E-state index in [0.717, 1.165) is 24.9 Å². The Labute approximate surface area is 106 Å².